The van der Waals surface area contributed by atoms with Crippen molar-refractivity contribution in [1.82, 2.24) is 5.32 Å². The average molecular weight is 185 g/mol. The van der Waals surface area contributed by atoms with Gasteiger partial charge in [0.25, 0.3) is 0 Å². The highest BCUT2D eigenvalue weighted by atomic mass is 16.5. The monoisotopic (exact) mass is 185 g/mol. The minimum atomic E-state index is -0.168. The van der Waals surface area contributed by atoms with Crippen LogP contribution in [0.3, 0.4) is 0 Å². The van der Waals surface area contributed by atoms with E-state index in [2.05, 4.69) is 19.2 Å². The molecule has 1 amide bonds. The second kappa shape index (κ2) is 3.66. The van der Waals surface area contributed by atoms with Crippen LogP contribution in [0.1, 0.15) is 27.2 Å². The lowest BCUT2D eigenvalue weighted by Gasteiger charge is -2.34. The maximum atomic E-state index is 11.3. The highest BCUT2D eigenvalue weighted by molar-refractivity contribution is 5.81. The van der Waals surface area contributed by atoms with Crippen LogP contribution in [-0.4, -0.2) is 25.2 Å². The number of hydrogen-bond donors (Lipinski definition) is 1. The molecule has 0 aliphatic carbocycles. The molecule has 0 radical (unpaired) electrons. The van der Waals surface area contributed by atoms with Gasteiger partial charge in [-0.15, -0.1) is 0 Å². The van der Waals surface area contributed by atoms with Crippen LogP contribution in [0.25, 0.3) is 0 Å². The second-order valence-electron chi connectivity index (χ2n) is 4.01. The summed E-state index contributed by atoms with van der Waals surface area (Å²) in [5.41, 5.74) is -0.168. The fourth-order valence-corrected chi connectivity index (χ4v) is 2.03. The van der Waals surface area contributed by atoms with Crippen LogP contribution in [0, 0.1) is 11.8 Å². The van der Waals surface area contributed by atoms with E-state index in [4.69, 9.17) is 4.74 Å². The molecule has 3 unspecified atom stereocenters. The van der Waals surface area contributed by atoms with Gasteiger partial charge in [0.05, 0.1) is 5.60 Å². The molecule has 0 bridgehead atoms. The lowest BCUT2D eigenvalue weighted by atomic mass is 9.80. The average Bonchev–Trinajstić information content (AvgIpc) is 2.47. The van der Waals surface area contributed by atoms with Crippen molar-refractivity contribution in [1.29, 1.82) is 0 Å². The van der Waals surface area contributed by atoms with Gasteiger partial charge in [-0.25, -0.2) is 0 Å². The summed E-state index contributed by atoms with van der Waals surface area (Å²) in [5, 5.41) is 2.87. The summed E-state index contributed by atoms with van der Waals surface area (Å²) in [6.45, 7) is 6.89. The molecule has 0 aromatic heterocycles. The molecule has 3 heteroatoms. The second-order valence-corrected chi connectivity index (χ2v) is 4.01. The van der Waals surface area contributed by atoms with E-state index >= 15 is 0 Å². The molecule has 0 aromatic rings. The Morgan fingerprint density at radius 3 is 2.62 bits per heavy atom. The van der Waals surface area contributed by atoms with Gasteiger partial charge < -0.3 is 10.1 Å². The molecule has 0 saturated carbocycles. The number of ether oxygens (including phenoxy) is 1. The van der Waals surface area contributed by atoms with Crippen LogP contribution in [0.15, 0.2) is 0 Å². The van der Waals surface area contributed by atoms with Crippen molar-refractivity contribution in [2.24, 2.45) is 11.8 Å². The van der Waals surface area contributed by atoms with Crippen molar-refractivity contribution in [2.45, 2.75) is 32.8 Å². The fourth-order valence-electron chi connectivity index (χ4n) is 2.03. The molecule has 76 valence electrons. The third kappa shape index (κ3) is 1.70. The molecule has 1 saturated heterocycles. The summed E-state index contributed by atoms with van der Waals surface area (Å²) in [4.78, 5) is 11.3. The molecule has 3 nitrogen and oxygen atoms in total. The van der Waals surface area contributed by atoms with Gasteiger partial charge in [-0.05, 0) is 13.3 Å². The quantitative estimate of drug-likeness (QED) is 0.717. The van der Waals surface area contributed by atoms with E-state index in [1.165, 1.54) is 0 Å². The van der Waals surface area contributed by atoms with Gasteiger partial charge in [-0.3, -0.25) is 4.79 Å². The molecule has 1 aliphatic heterocycles. The number of nitrogens with one attached hydrogen (secondary N) is 1. The van der Waals surface area contributed by atoms with E-state index in [1.807, 2.05) is 6.92 Å². The number of carbonyl (C=O) groups excluding carboxylic acids is 1. The number of amides is 1. The van der Waals surface area contributed by atoms with E-state index in [9.17, 15) is 4.79 Å². The van der Waals surface area contributed by atoms with E-state index in [1.54, 1.807) is 7.11 Å². The number of rotatable bonds is 3. The third-order valence-electron chi connectivity index (χ3n) is 3.47. The largest absolute Gasteiger partial charge is 0.378 e. The minimum absolute atomic E-state index is 0.0740. The van der Waals surface area contributed by atoms with Gasteiger partial charge in [-0.1, -0.05) is 13.8 Å². The molecule has 1 N–H and O–H groups in total. The highest BCUT2D eigenvalue weighted by Crippen LogP contribution is 2.33. The smallest absolute Gasteiger partial charge is 0.223 e. The molecule has 1 aliphatic rings. The van der Waals surface area contributed by atoms with Crippen molar-refractivity contribution < 1.29 is 9.53 Å². The maximum absolute atomic E-state index is 11.3. The normalized spacial score (nSPS) is 32.8. The molecule has 1 rings (SSSR count). The van der Waals surface area contributed by atoms with Crippen LogP contribution in [0.2, 0.25) is 0 Å². The fraction of sp³-hybridized carbons (Fsp3) is 0.900. The number of carbonyl (C=O) groups is 1. The van der Waals surface area contributed by atoms with E-state index in [0.717, 1.165) is 13.0 Å². The zero-order chi connectivity index (χ0) is 10.1. The Labute approximate surface area is 79.8 Å². The standard InChI is InChI=1S/C10H19NO2/c1-5-10(3,13-4)8-6-11-9(12)7(8)2/h7-8H,5-6H2,1-4H3,(H,11,12). The zero-order valence-electron chi connectivity index (χ0n) is 8.89. The molecule has 3 atom stereocenters. The van der Waals surface area contributed by atoms with Crippen LogP contribution >= 0.6 is 0 Å². The third-order valence-corrected chi connectivity index (χ3v) is 3.47. The summed E-state index contributed by atoms with van der Waals surface area (Å²) >= 11 is 0. The summed E-state index contributed by atoms with van der Waals surface area (Å²) in [6.07, 6.45) is 0.938. The molecule has 1 heterocycles. The van der Waals surface area contributed by atoms with E-state index < -0.39 is 0 Å². The Kier molecular flexibility index (Phi) is 2.96. The van der Waals surface area contributed by atoms with Crippen LogP contribution in [0.5, 0.6) is 0 Å². The van der Waals surface area contributed by atoms with Gasteiger partial charge >= 0.3 is 0 Å². The van der Waals surface area contributed by atoms with Crippen molar-refractivity contribution in [3.05, 3.63) is 0 Å². The Bertz CT molecular complexity index is 199. The first kappa shape index (κ1) is 10.5. The molecule has 13 heavy (non-hydrogen) atoms. The summed E-state index contributed by atoms with van der Waals surface area (Å²) in [6, 6.07) is 0. The zero-order valence-corrected chi connectivity index (χ0v) is 8.89. The molecule has 0 spiro atoms. The van der Waals surface area contributed by atoms with Gasteiger partial charge in [-0.2, -0.15) is 0 Å². The van der Waals surface area contributed by atoms with Crippen molar-refractivity contribution in [2.75, 3.05) is 13.7 Å². The maximum Gasteiger partial charge on any atom is 0.223 e. The Hall–Kier alpha value is -0.570. The molecule has 0 aromatic carbocycles. The first-order chi connectivity index (χ1) is 6.05. The highest BCUT2D eigenvalue weighted by Gasteiger charge is 2.43. The summed E-state index contributed by atoms with van der Waals surface area (Å²) < 4.78 is 5.50. The Morgan fingerprint density at radius 1 is 1.69 bits per heavy atom. The van der Waals surface area contributed by atoms with Crippen LogP contribution < -0.4 is 5.32 Å². The lowest BCUT2D eigenvalue weighted by molar-refractivity contribution is -0.124. The van der Waals surface area contributed by atoms with Crippen molar-refractivity contribution in [3.63, 3.8) is 0 Å². The SMILES string of the molecule is CCC(C)(OC)C1CNC(=O)C1C. The van der Waals surface area contributed by atoms with E-state index in [-0.39, 0.29) is 17.4 Å². The number of hydrogen-bond acceptors (Lipinski definition) is 2. The first-order valence-corrected chi connectivity index (χ1v) is 4.88. The topological polar surface area (TPSA) is 38.3 Å². The van der Waals surface area contributed by atoms with E-state index in [0.29, 0.717) is 5.92 Å². The summed E-state index contributed by atoms with van der Waals surface area (Å²) in [5.74, 6) is 0.529. The van der Waals surface area contributed by atoms with Gasteiger partial charge in [0.2, 0.25) is 5.91 Å². The molecule has 1 fully saturated rings. The molecular weight excluding hydrogens is 166 g/mol. The lowest BCUT2D eigenvalue weighted by Crippen LogP contribution is -2.40. The van der Waals surface area contributed by atoms with Crippen molar-refractivity contribution >= 4 is 5.91 Å². The predicted molar refractivity (Wildman–Crippen MR) is 51.4 cm³/mol. The van der Waals surface area contributed by atoms with Crippen LogP contribution in [0.4, 0.5) is 0 Å². The summed E-state index contributed by atoms with van der Waals surface area (Å²) in [7, 11) is 1.72. The predicted octanol–water partition coefficient (Wildman–Crippen LogP) is 1.18. The van der Waals surface area contributed by atoms with Crippen molar-refractivity contribution in [3.8, 4) is 0 Å². The van der Waals surface area contributed by atoms with Gasteiger partial charge in [0.1, 0.15) is 0 Å². The first-order valence-electron chi connectivity index (χ1n) is 4.88. The Balaban J connectivity index is 2.76. The minimum Gasteiger partial charge on any atom is -0.378 e. The number of methoxy groups -OCH3 is 1. The van der Waals surface area contributed by atoms with Gasteiger partial charge in [0.15, 0.2) is 0 Å². The van der Waals surface area contributed by atoms with Gasteiger partial charge in [0, 0.05) is 25.5 Å². The Morgan fingerprint density at radius 2 is 2.31 bits per heavy atom. The molecular formula is C10H19NO2. The van der Waals surface area contributed by atoms with Crippen LogP contribution in [-0.2, 0) is 9.53 Å².